The number of tetrazole rings is 1. The number of nitrogens with one attached hydrogen (secondary N) is 3. The zero-order valence-electron chi connectivity index (χ0n) is 22.4. The van der Waals surface area contributed by atoms with E-state index in [2.05, 4.69) is 30.7 Å². The van der Waals surface area contributed by atoms with Gasteiger partial charge < -0.3 is 19.9 Å². The third kappa shape index (κ3) is 6.74. The molecule has 2 aromatic carbocycles. The number of aromatic amines is 1. The summed E-state index contributed by atoms with van der Waals surface area (Å²) in [6.45, 7) is 1.40. The van der Waals surface area contributed by atoms with E-state index in [9.17, 15) is 21.9 Å². The molecule has 2 atom stereocenters. The summed E-state index contributed by atoms with van der Waals surface area (Å²) in [6, 6.07) is 12.5. The summed E-state index contributed by atoms with van der Waals surface area (Å²) >= 11 is 0. The minimum Gasteiger partial charge on any atom is -0.491 e. The Labute approximate surface area is 238 Å². The van der Waals surface area contributed by atoms with Gasteiger partial charge in [0.2, 0.25) is 25.9 Å². The van der Waals surface area contributed by atoms with E-state index in [1.807, 2.05) is 0 Å². The number of benzene rings is 2. The van der Waals surface area contributed by atoms with Crippen molar-refractivity contribution in [1.29, 1.82) is 0 Å². The van der Waals surface area contributed by atoms with Crippen LogP contribution in [-0.2, 0) is 24.8 Å². The number of aliphatic hydroxyl groups excluding tert-OH is 1. The first-order chi connectivity index (χ1) is 19.6. The van der Waals surface area contributed by atoms with Crippen LogP contribution in [0.4, 0.5) is 0 Å². The van der Waals surface area contributed by atoms with E-state index in [0.29, 0.717) is 56.1 Å². The van der Waals surface area contributed by atoms with Crippen molar-refractivity contribution in [2.45, 2.75) is 46.8 Å². The van der Waals surface area contributed by atoms with E-state index in [4.69, 9.17) is 9.47 Å². The van der Waals surface area contributed by atoms with Gasteiger partial charge in [-0.25, -0.2) is 21.6 Å². The molecule has 2 fully saturated rings. The molecular weight excluding hydrogens is 574 g/mol. The van der Waals surface area contributed by atoms with Crippen LogP contribution < -0.4 is 14.8 Å². The Hall–Kier alpha value is -2.99. The largest absolute Gasteiger partial charge is 0.491 e. The zero-order valence-corrected chi connectivity index (χ0v) is 24.1. The number of sulfonamides is 2. The van der Waals surface area contributed by atoms with Gasteiger partial charge in [-0.15, -0.1) is 10.2 Å². The number of piperidine rings is 1. The quantitative estimate of drug-likeness (QED) is 0.232. The first kappa shape index (κ1) is 29.5. The number of hydrogen-bond acceptors (Lipinski definition) is 11. The molecule has 41 heavy (non-hydrogen) atoms. The predicted molar refractivity (Wildman–Crippen MR) is 147 cm³/mol. The maximum absolute atomic E-state index is 13.2. The molecule has 16 heteroatoms. The van der Waals surface area contributed by atoms with Crippen molar-refractivity contribution in [2.75, 3.05) is 39.9 Å². The van der Waals surface area contributed by atoms with Gasteiger partial charge in [0.1, 0.15) is 18.5 Å². The van der Waals surface area contributed by atoms with Crippen molar-refractivity contribution in [1.82, 2.24) is 35.0 Å². The molecule has 0 saturated carbocycles. The Bertz CT molecular complexity index is 1530. The van der Waals surface area contributed by atoms with Crippen LogP contribution in [0.25, 0.3) is 11.4 Å². The second-order valence-corrected chi connectivity index (χ2v) is 13.9. The van der Waals surface area contributed by atoms with Crippen molar-refractivity contribution in [3.8, 4) is 17.1 Å². The molecule has 3 heterocycles. The fourth-order valence-electron chi connectivity index (χ4n) is 5.07. The second kappa shape index (κ2) is 12.1. The summed E-state index contributed by atoms with van der Waals surface area (Å²) in [5.41, 5.74) is 0.256. The van der Waals surface area contributed by atoms with Gasteiger partial charge in [0.25, 0.3) is 0 Å². The maximum atomic E-state index is 13.2. The molecular formula is C25H33N7O7S2. The van der Waals surface area contributed by atoms with Crippen LogP contribution in [0.2, 0.25) is 0 Å². The summed E-state index contributed by atoms with van der Waals surface area (Å²) in [5, 5.41) is 27.4. The Kier molecular flexibility index (Phi) is 8.70. The Morgan fingerprint density at radius 3 is 2.59 bits per heavy atom. The van der Waals surface area contributed by atoms with E-state index in [0.717, 1.165) is 0 Å². The molecule has 0 amide bonds. The number of nitrogens with zero attached hydrogens (tertiary/aromatic N) is 4. The monoisotopic (exact) mass is 607 g/mol. The van der Waals surface area contributed by atoms with E-state index in [1.165, 1.54) is 23.5 Å². The highest BCUT2D eigenvalue weighted by Gasteiger charge is 2.44. The van der Waals surface area contributed by atoms with Crippen LogP contribution in [-0.4, -0.2) is 105 Å². The van der Waals surface area contributed by atoms with Crippen molar-refractivity contribution in [2.24, 2.45) is 0 Å². The Morgan fingerprint density at radius 2 is 1.90 bits per heavy atom. The lowest BCUT2D eigenvalue weighted by Gasteiger charge is -2.38. The lowest BCUT2D eigenvalue weighted by molar-refractivity contribution is -0.0312. The van der Waals surface area contributed by atoms with Crippen LogP contribution >= 0.6 is 0 Å². The van der Waals surface area contributed by atoms with Crippen LogP contribution in [0.15, 0.2) is 58.3 Å². The van der Waals surface area contributed by atoms with Crippen molar-refractivity contribution in [3.63, 3.8) is 0 Å². The second-order valence-electron chi connectivity index (χ2n) is 10.1. The van der Waals surface area contributed by atoms with Crippen LogP contribution in [0, 0.1) is 0 Å². The Balaban J connectivity index is 1.07. The van der Waals surface area contributed by atoms with Crippen molar-refractivity contribution < 1.29 is 31.4 Å². The fourth-order valence-corrected chi connectivity index (χ4v) is 7.28. The highest BCUT2D eigenvalue weighted by atomic mass is 32.2. The third-order valence-electron chi connectivity index (χ3n) is 7.41. The number of aromatic nitrogens is 4. The van der Waals surface area contributed by atoms with Crippen LogP contribution in [0.5, 0.6) is 5.75 Å². The molecule has 14 nitrogen and oxygen atoms in total. The summed E-state index contributed by atoms with van der Waals surface area (Å²) in [4.78, 5) is 0.287. The van der Waals surface area contributed by atoms with Gasteiger partial charge in [-0.2, -0.15) is 9.52 Å². The van der Waals surface area contributed by atoms with Gasteiger partial charge in [0.05, 0.1) is 22.0 Å². The molecule has 2 unspecified atom stereocenters. The molecule has 3 aromatic rings. The number of rotatable bonds is 11. The molecule has 0 radical (unpaired) electrons. The van der Waals surface area contributed by atoms with Crippen molar-refractivity contribution in [3.05, 3.63) is 48.5 Å². The summed E-state index contributed by atoms with van der Waals surface area (Å²) in [5.74, 6) is 0.733. The van der Waals surface area contributed by atoms with Gasteiger partial charge in [-0.3, -0.25) is 0 Å². The molecule has 2 aliphatic rings. The van der Waals surface area contributed by atoms with E-state index >= 15 is 0 Å². The molecule has 0 aliphatic carbocycles. The van der Waals surface area contributed by atoms with Gasteiger partial charge >= 0.3 is 0 Å². The molecule has 1 aromatic heterocycles. The summed E-state index contributed by atoms with van der Waals surface area (Å²) in [7, 11) is -5.91. The lowest BCUT2D eigenvalue weighted by Crippen LogP contribution is -2.47. The highest BCUT2D eigenvalue weighted by molar-refractivity contribution is 7.89. The molecule has 2 saturated heterocycles. The van der Waals surface area contributed by atoms with Gasteiger partial charge in [0.15, 0.2) is 0 Å². The van der Waals surface area contributed by atoms with E-state index in [1.54, 1.807) is 36.4 Å². The standard InChI is InChI=1S/C25H33N7O7S2/c1-26-40(34,35)23-4-2-3-21(13-23)38-17-20(33)15-27-19-14-25(39-16-19)9-11-32(12-10-25)41(36,37)22-7-5-18(6-8-22)24-28-30-31-29-24/h2-8,13,19-20,26-27,33H,9-12,14-17H2,1H3,(H,28,29,30,31). The molecule has 4 N–H and O–H groups in total. The minimum absolute atomic E-state index is 0.00888. The third-order valence-corrected chi connectivity index (χ3v) is 10.7. The average Bonchev–Trinajstić information content (AvgIpc) is 3.66. The van der Waals surface area contributed by atoms with Gasteiger partial charge in [0, 0.05) is 37.3 Å². The van der Waals surface area contributed by atoms with Crippen LogP contribution in [0.1, 0.15) is 19.3 Å². The fraction of sp³-hybridized carbons (Fsp3) is 0.480. The van der Waals surface area contributed by atoms with E-state index < -0.39 is 31.8 Å². The summed E-state index contributed by atoms with van der Waals surface area (Å²) in [6.07, 6.45) is 1.03. The zero-order chi connectivity index (χ0) is 29.1. The minimum atomic E-state index is -3.66. The highest BCUT2D eigenvalue weighted by Crippen LogP contribution is 2.37. The number of hydrogen-bond donors (Lipinski definition) is 4. The molecule has 222 valence electrons. The number of aliphatic hydroxyl groups is 1. The molecule has 0 bridgehead atoms. The average molecular weight is 608 g/mol. The van der Waals surface area contributed by atoms with Gasteiger partial charge in [-0.1, -0.05) is 6.07 Å². The lowest BCUT2D eigenvalue weighted by atomic mass is 9.88. The summed E-state index contributed by atoms with van der Waals surface area (Å²) < 4.78 is 65.9. The normalized spacial score (nSPS) is 20.3. The molecule has 2 aliphatic heterocycles. The van der Waals surface area contributed by atoms with Crippen molar-refractivity contribution >= 4 is 20.0 Å². The maximum Gasteiger partial charge on any atom is 0.243 e. The number of ether oxygens (including phenoxy) is 2. The molecule has 1 spiro atoms. The SMILES string of the molecule is CNS(=O)(=O)c1cccc(OCC(O)CNC2COC3(CCN(S(=O)(=O)c4ccc(-c5nn[nH]n5)cc4)CC3)C2)c1. The van der Waals surface area contributed by atoms with Gasteiger partial charge in [-0.05, 0) is 67.9 Å². The Morgan fingerprint density at radius 1 is 1.15 bits per heavy atom. The predicted octanol–water partition coefficient (Wildman–Crippen LogP) is 0.117. The van der Waals surface area contributed by atoms with E-state index in [-0.39, 0.29) is 29.0 Å². The van der Waals surface area contributed by atoms with Crippen LogP contribution in [0.3, 0.4) is 0 Å². The number of H-pyrrole nitrogens is 1. The topological polar surface area (TPSA) is 189 Å². The first-order valence-electron chi connectivity index (χ1n) is 13.2. The first-order valence-corrected chi connectivity index (χ1v) is 16.1. The smallest absolute Gasteiger partial charge is 0.243 e. The molecule has 5 rings (SSSR count).